The normalized spacial score (nSPS) is 49.3. The van der Waals surface area contributed by atoms with Gasteiger partial charge in [-0.25, -0.2) is 0 Å². The first-order valence-corrected chi connectivity index (χ1v) is 14.5. The molecule has 8 heteroatoms. The molecule has 4 aliphatic carbocycles. The Kier molecular flexibility index (Phi) is 5.35. The van der Waals surface area contributed by atoms with Crippen LogP contribution in [0.3, 0.4) is 0 Å². The first-order chi connectivity index (χ1) is 18.0. The summed E-state index contributed by atoms with van der Waals surface area (Å²) >= 11 is 0. The van der Waals surface area contributed by atoms with E-state index in [0.29, 0.717) is 25.2 Å². The van der Waals surface area contributed by atoms with Crippen LogP contribution < -0.4 is 0 Å². The maximum Gasteiger partial charge on any atom is 0.213 e. The van der Waals surface area contributed by atoms with E-state index in [1.807, 2.05) is 13.8 Å². The molecule has 38 heavy (non-hydrogen) atoms. The van der Waals surface area contributed by atoms with E-state index in [1.165, 1.54) is 5.57 Å². The van der Waals surface area contributed by atoms with Crippen LogP contribution in [0.4, 0.5) is 0 Å². The number of carbonyl (C=O) groups excluding carboxylic acids is 1. The quantitative estimate of drug-likeness (QED) is 0.411. The molecule has 4 aliphatic heterocycles. The highest BCUT2D eigenvalue weighted by molar-refractivity contribution is 6.05. The number of aliphatic hydroxyl groups excluding tert-OH is 2. The third kappa shape index (κ3) is 2.80. The molecule has 2 N–H and O–H groups in total. The van der Waals surface area contributed by atoms with Gasteiger partial charge in [0.05, 0.1) is 24.7 Å². The number of hydrogen-bond donors (Lipinski definition) is 2. The van der Waals surface area contributed by atoms with Crippen LogP contribution in [0, 0.1) is 34.0 Å². The van der Waals surface area contributed by atoms with Crippen molar-refractivity contribution in [1.29, 1.82) is 0 Å². The molecule has 8 aliphatic rings. The Bertz CT molecular complexity index is 1110. The van der Waals surface area contributed by atoms with Crippen molar-refractivity contribution in [3.8, 4) is 0 Å². The first-order valence-electron chi connectivity index (χ1n) is 14.5. The number of ketones is 1. The summed E-state index contributed by atoms with van der Waals surface area (Å²) in [6, 6.07) is 0. The van der Waals surface area contributed by atoms with Gasteiger partial charge in [-0.05, 0) is 74.9 Å². The number of rotatable bonds is 5. The zero-order valence-corrected chi connectivity index (χ0v) is 23.1. The molecule has 3 spiro atoms. The van der Waals surface area contributed by atoms with E-state index in [4.69, 9.17) is 28.8 Å². The molecule has 3 saturated heterocycles. The Morgan fingerprint density at radius 2 is 1.92 bits per heavy atom. The van der Waals surface area contributed by atoms with Crippen molar-refractivity contribution >= 4 is 5.78 Å². The van der Waals surface area contributed by atoms with Crippen molar-refractivity contribution in [3.05, 3.63) is 23.5 Å². The Morgan fingerprint density at radius 3 is 2.68 bits per heavy atom. The van der Waals surface area contributed by atoms with Crippen LogP contribution in [0.2, 0.25) is 0 Å². The van der Waals surface area contributed by atoms with Gasteiger partial charge >= 0.3 is 0 Å². The Morgan fingerprint density at radius 1 is 1.13 bits per heavy atom. The summed E-state index contributed by atoms with van der Waals surface area (Å²) in [6.45, 7) is 13.4. The molecule has 6 fully saturated rings. The van der Waals surface area contributed by atoms with Crippen LogP contribution >= 0.6 is 0 Å². The number of aliphatic hydroxyl groups is 2. The molecular weight excluding hydrogens is 488 g/mol. The van der Waals surface area contributed by atoms with Gasteiger partial charge in [0.1, 0.15) is 17.3 Å². The first kappa shape index (κ1) is 25.7. The minimum Gasteiger partial charge on any atom is -0.469 e. The van der Waals surface area contributed by atoms with Crippen molar-refractivity contribution in [2.24, 2.45) is 34.0 Å². The van der Waals surface area contributed by atoms with E-state index in [9.17, 15) is 9.90 Å². The molecule has 8 rings (SSSR count). The van der Waals surface area contributed by atoms with Gasteiger partial charge < -0.3 is 33.9 Å². The van der Waals surface area contributed by atoms with Crippen LogP contribution in [0.1, 0.15) is 72.6 Å². The molecule has 8 nitrogen and oxygen atoms in total. The minimum atomic E-state index is -1.49. The van der Waals surface area contributed by atoms with Crippen molar-refractivity contribution in [3.63, 3.8) is 0 Å². The third-order valence-corrected chi connectivity index (χ3v) is 11.1. The molecule has 210 valence electrons. The summed E-state index contributed by atoms with van der Waals surface area (Å²) in [4.78, 5) is 14.4. The second-order valence-electron chi connectivity index (χ2n) is 13.9. The van der Waals surface area contributed by atoms with Gasteiger partial charge in [-0.2, -0.15) is 0 Å². The predicted molar refractivity (Wildman–Crippen MR) is 135 cm³/mol. The van der Waals surface area contributed by atoms with E-state index in [1.54, 1.807) is 0 Å². The molecule has 0 unspecified atom stereocenters. The SMILES string of the molecule is C=C1C(=O)[C@@]23[C@@H]4OC(C)(C)O[C@@]25OC[C@]2(C6=C(CC[C@@H](OCCCCO)O6)CC(C)(C)[C@H]2[C@@H]5O)[C@@H]3CC[C@@H]14. The number of fused-ring (bicyclic) bond motifs is 1. The average Bonchev–Trinajstić information content (AvgIpc) is 2.97. The lowest BCUT2D eigenvalue weighted by atomic mass is 9.36. The number of Topliss-reactive ketones (excluding diaryl/α,β-unsaturated/α-hetero) is 1. The molecule has 0 amide bonds. The maximum absolute atomic E-state index is 14.4. The number of hydrogen-bond acceptors (Lipinski definition) is 8. The van der Waals surface area contributed by atoms with Crippen molar-refractivity contribution in [2.45, 2.75) is 103 Å². The Hall–Kier alpha value is -1.29. The van der Waals surface area contributed by atoms with Gasteiger partial charge in [-0.15, -0.1) is 0 Å². The Labute approximate surface area is 224 Å². The van der Waals surface area contributed by atoms with Gasteiger partial charge in [-0.1, -0.05) is 20.4 Å². The molecule has 0 aromatic heterocycles. The summed E-state index contributed by atoms with van der Waals surface area (Å²) in [5, 5.41) is 21.6. The number of allylic oxidation sites excluding steroid dienone is 1. The van der Waals surface area contributed by atoms with Gasteiger partial charge in [0.15, 0.2) is 17.9 Å². The van der Waals surface area contributed by atoms with E-state index >= 15 is 0 Å². The molecular formula is C30H42O8. The molecule has 0 aromatic rings. The standard InChI is InChI=1S/C30H42O8/c1-16-18-9-10-19-28-15-35-30(29(19,22(16)32)25(18)37-27(4,5)38-30)23(33)21(28)26(2,3)14-17-8-11-20(36-24(17)28)34-13-7-6-12-31/h18-21,23,25,31,33H,1,6-15H2,2-5H3/t18-,19-,20-,21+,23-,25+,28-,29-,30+/m0/s1. The highest BCUT2D eigenvalue weighted by atomic mass is 16.8. The van der Waals surface area contributed by atoms with Crippen LogP contribution in [-0.2, 0) is 28.5 Å². The summed E-state index contributed by atoms with van der Waals surface area (Å²) in [7, 11) is 0. The third-order valence-electron chi connectivity index (χ3n) is 11.1. The molecule has 0 aromatic carbocycles. The summed E-state index contributed by atoms with van der Waals surface area (Å²) in [5.41, 5.74) is -0.285. The van der Waals surface area contributed by atoms with Crippen molar-refractivity contribution in [2.75, 3.05) is 19.8 Å². The van der Waals surface area contributed by atoms with Crippen molar-refractivity contribution in [1.82, 2.24) is 0 Å². The molecule has 0 radical (unpaired) electrons. The summed E-state index contributed by atoms with van der Waals surface area (Å²) in [5.74, 6) is -2.20. The van der Waals surface area contributed by atoms with Crippen LogP contribution in [-0.4, -0.2) is 65.9 Å². The van der Waals surface area contributed by atoms with Crippen LogP contribution in [0.15, 0.2) is 23.5 Å². The van der Waals surface area contributed by atoms with E-state index in [0.717, 1.165) is 44.3 Å². The van der Waals surface area contributed by atoms with E-state index in [2.05, 4.69) is 20.4 Å². The lowest BCUT2D eigenvalue weighted by Crippen LogP contribution is -2.87. The average molecular weight is 531 g/mol. The zero-order valence-electron chi connectivity index (χ0n) is 23.1. The minimum absolute atomic E-state index is 0.0692. The molecule has 3 saturated carbocycles. The zero-order chi connectivity index (χ0) is 26.9. The van der Waals surface area contributed by atoms with Gasteiger partial charge in [0.2, 0.25) is 5.79 Å². The number of carbonyl (C=O) groups is 1. The smallest absolute Gasteiger partial charge is 0.213 e. The fraction of sp³-hybridized carbons (Fsp3) is 0.833. The topological polar surface area (TPSA) is 104 Å². The second kappa shape index (κ2) is 7.92. The molecule has 4 bridgehead atoms. The maximum atomic E-state index is 14.4. The van der Waals surface area contributed by atoms with Crippen LogP contribution in [0.25, 0.3) is 0 Å². The number of unbranched alkanes of at least 4 members (excludes halogenated alkanes) is 1. The lowest BCUT2D eigenvalue weighted by Gasteiger charge is -2.77. The second-order valence-corrected chi connectivity index (χ2v) is 13.9. The van der Waals surface area contributed by atoms with Gasteiger partial charge in [0.25, 0.3) is 0 Å². The summed E-state index contributed by atoms with van der Waals surface area (Å²) in [6.07, 6.45) is 3.60. The Balaban J connectivity index is 1.39. The van der Waals surface area contributed by atoms with Gasteiger partial charge in [-0.3, -0.25) is 4.79 Å². The van der Waals surface area contributed by atoms with E-state index in [-0.39, 0.29) is 35.6 Å². The van der Waals surface area contributed by atoms with Gasteiger partial charge in [0, 0.05) is 24.9 Å². The lowest BCUT2D eigenvalue weighted by molar-refractivity contribution is -0.527. The highest BCUT2D eigenvalue weighted by Crippen LogP contribution is 2.80. The van der Waals surface area contributed by atoms with Crippen molar-refractivity contribution < 1.29 is 38.7 Å². The fourth-order valence-corrected chi connectivity index (χ4v) is 10.2. The summed E-state index contributed by atoms with van der Waals surface area (Å²) < 4.78 is 32.9. The highest BCUT2D eigenvalue weighted by Gasteiger charge is 2.90. The monoisotopic (exact) mass is 530 g/mol. The molecule has 9 atom stereocenters. The van der Waals surface area contributed by atoms with E-state index < -0.39 is 40.9 Å². The fourth-order valence-electron chi connectivity index (χ4n) is 10.2. The largest absolute Gasteiger partial charge is 0.469 e. The number of ether oxygens (including phenoxy) is 5. The van der Waals surface area contributed by atoms with Crippen LogP contribution in [0.5, 0.6) is 0 Å². The molecule has 4 heterocycles. The predicted octanol–water partition coefficient (Wildman–Crippen LogP) is 3.60.